The summed E-state index contributed by atoms with van der Waals surface area (Å²) < 4.78 is 12.8. The number of pyridine rings is 1. The number of hydrogen-bond acceptors (Lipinski definition) is 4. The molecule has 0 saturated carbocycles. The zero-order chi connectivity index (χ0) is 15.0. The molecule has 2 aliphatic heterocycles. The third kappa shape index (κ3) is 2.32. The van der Waals surface area contributed by atoms with Crippen molar-refractivity contribution in [3.05, 3.63) is 29.8 Å². The van der Waals surface area contributed by atoms with Crippen LogP contribution in [-0.2, 0) is 4.79 Å². The first kappa shape index (κ1) is 13.5. The Labute approximate surface area is 119 Å². The van der Waals surface area contributed by atoms with Crippen LogP contribution in [0.25, 0.3) is 0 Å². The average molecular weight is 292 g/mol. The summed E-state index contributed by atoms with van der Waals surface area (Å²) in [5, 5.41) is 4.84. The van der Waals surface area contributed by atoms with E-state index in [1.165, 1.54) is 12.1 Å². The lowest BCUT2D eigenvalue weighted by Gasteiger charge is -2.36. The van der Waals surface area contributed by atoms with Gasteiger partial charge in [0.15, 0.2) is 0 Å². The molecule has 0 aliphatic carbocycles. The van der Waals surface area contributed by atoms with Crippen LogP contribution in [-0.4, -0.2) is 46.4 Å². The molecule has 8 heteroatoms. The molecule has 1 aromatic rings. The van der Waals surface area contributed by atoms with Gasteiger partial charge in [0.2, 0.25) is 0 Å². The zero-order valence-electron chi connectivity index (χ0n) is 11.1. The Bertz CT molecular complexity index is 608. The molecule has 0 radical (unpaired) electrons. The van der Waals surface area contributed by atoms with E-state index >= 15 is 0 Å². The molecule has 110 valence electrons. The molecular formula is C13H13FN4O3. The number of likely N-dealkylation sites (tertiary alicyclic amines) is 1. The fraction of sp³-hybridized carbons (Fsp3) is 0.385. The van der Waals surface area contributed by atoms with Crippen molar-refractivity contribution in [3.63, 3.8) is 0 Å². The molecule has 0 aromatic carbocycles. The van der Waals surface area contributed by atoms with E-state index in [1.807, 2.05) is 0 Å². The highest BCUT2D eigenvalue weighted by atomic mass is 19.1. The number of piperidine rings is 1. The van der Waals surface area contributed by atoms with Crippen LogP contribution in [0, 0.1) is 5.82 Å². The predicted molar refractivity (Wildman–Crippen MR) is 68.7 cm³/mol. The Kier molecular flexibility index (Phi) is 3.08. The average Bonchev–Trinajstić information content (AvgIpc) is 2.74. The van der Waals surface area contributed by atoms with E-state index < -0.39 is 17.4 Å². The van der Waals surface area contributed by atoms with Gasteiger partial charge in [-0.2, -0.15) is 0 Å². The number of imide groups is 1. The summed E-state index contributed by atoms with van der Waals surface area (Å²) in [6, 6.07) is 2.00. The summed E-state index contributed by atoms with van der Waals surface area (Å²) >= 11 is 0. The van der Waals surface area contributed by atoms with Crippen LogP contribution in [0.2, 0.25) is 0 Å². The third-order valence-corrected chi connectivity index (χ3v) is 3.87. The number of amides is 4. The second-order valence-electron chi connectivity index (χ2n) is 5.14. The van der Waals surface area contributed by atoms with Crippen molar-refractivity contribution < 1.29 is 18.8 Å². The van der Waals surface area contributed by atoms with E-state index in [-0.39, 0.29) is 17.5 Å². The first-order valence-corrected chi connectivity index (χ1v) is 6.55. The Morgan fingerprint density at radius 1 is 1.29 bits per heavy atom. The molecule has 7 nitrogen and oxygen atoms in total. The van der Waals surface area contributed by atoms with Gasteiger partial charge < -0.3 is 10.2 Å². The molecule has 0 unspecified atom stereocenters. The van der Waals surface area contributed by atoms with Crippen LogP contribution in [0.4, 0.5) is 9.18 Å². The molecule has 1 spiro atoms. The molecule has 2 fully saturated rings. The maximum atomic E-state index is 12.8. The van der Waals surface area contributed by atoms with E-state index in [0.717, 1.165) is 6.20 Å². The molecule has 3 heterocycles. The largest absolute Gasteiger partial charge is 0.337 e. The van der Waals surface area contributed by atoms with Crippen molar-refractivity contribution in [1.29, 1.82) is 0 Å². The van der Waals surface area contributed by atoms with Crippen molar-refractivity contribution in [2.45, 2.75) is 18.4 Å². The highest BCUT2D eigenvalue weighted by molar-refractivity contribution is 6.07. The van der Waals surface area contributed by atoms with Gasteiger partial charge in [-0.1, -0.05) is 0 Å². The fourth-order valence-corrected chi connectivity index (χ4v) is 2.64. The van der Waals surface area contributed by atoms with Gasteiger partial charge in [-0.3, -0.25) is 14.9 Å². The molecule has 2 N–H and O–H groups in total. The Morgan fingerprint density at radius 3 is 2.52 bits per heavy atom. The van der Waals surface area contributed by atoms with E-state index in [4.69, 9.17) is 0 Å². The van der Waals surface area contributed by atoms with E-state index in [1.54, 1.807) is 4.90 Å². The highest BCUT2D eigenvalue weighted by Gasteiger charge is 2.48. The zero-order valence-corrected chi connectivity index (χ0v) is 11.1. The van der Waals surface area contributed by atoms with Crippen LogP contribution < -0.4 is 10.6 Å². The molecule has 0 bridgehead atoms. The van der Waals surface area contributed by atoms with Crippen LogP contribution in [0.3, 0.4) is 0 Å². The van der Waals surface area contributed by atoms with Gasteiger partial charge in [0, 0.05) is 13.1 Å². The van der Waals surface area contributed by atoms with Gasteiger partial charge in [-0.05, 0) is 25.0 Å². The molecule has 2 aliphatic rings. The van der Waals surface area contributed by atoms with Gasteiger partial charge >= 0.3 is 6.03 Å². The highest BCUT2D eigenvalue weighted by Crippen LogP contribution is 2.26. The summed E-state index contributed by atoms with van der Waals surface area (Å²) in [6.07, 6.45) is 1.68. The second kappa shape index (κ2) is 4.80. The van der Waals surface area contributed by atoms with E-state index in [9.17, 15) is 18.8 Å². The second-order valence-corrected chi connectivity index (χ2v) is 5.14. The third-order valence-electron chi connectivity index (χ3n) is 3.87. The quantitative estimate of drug-likeness (QED) is 0.715. The minimum Gasteiger partial charge on any atom is -0.337 e. The molecule has 4 amide bonds. The van der Waals surface area contributed by atoms with Crippen molar-refractivity contribution >= 4 is 17.8 Å². The minimum atomic E-state index is -0.913. The normalized spacial score (nSPS) is 20.3. The number of nitrogens with zero attached hydrogens (tertiary/aromatic N) is 2. The monoisotopic (exact) mass is 292 g/mol. The topological polar surface area (TPSA) is 91.4 Å². The number of halogens is 1. The molecule has 1 aromatic heterocycles. The standard InChI is InChI=1S/C13H13FN4O3/c14-8-1-2-9(15-7-8)10(19)18-5-3-13(4-6-18)11(20)16-12(21)17-13/h1-2,7H,3-6H2,(H2,16,17,20,21). The number of carbonyl (C=O) groups excluding carboxylic acids is 3. The maximum Gasteiger partial charge on any atom is 0.322 e. The number of nitrogens with one attached hydrogen (secondary N) is 2. The number of carbonyl (C=O) groups is 3. The summed E-state index contributed by atoms with van der Waals surface area (Å²) in [6.45, 7) is 0.650. The first-order valence-electron chi connectivity index (χ1n) is 6.55. The Balaban J connectivity index is 1.68. The van der Waals surface area contributed by atoms with Crippen LogP contribution in [0.15, 0.2) is 18.3 Å². The van der Waals surface area contributed by atoms with Crippen LogP contribution in [0.5, 0.6) is 0 Å². The predicted octanol–water partition coefficient (Wildman–Crippen LogP) is 0.0349. The van der Waals surface area contributed by atoms with Crippen LogP contribution >= 0.6 is 0 Å². The van der Waals surface area contributed by atoms with E-state index in [0.29, 0.717) is 25.9 Å². The number of urea groups is 1. The van der Waals surface area contributed by atoms with Gasteiger partial charge in [-0.15, -0.1) is 0 Å². The number of rotatable bonds is 1. The van der Waals surface area contributed by atoms with E-state index in [2.05, 4.69) is 15.6 Å². The molecule has 3 rings (SSSR count). The van der Waals surface area contributed by atoms with Gasteiger partial charge in [0.05, 0.1) is 6.20 Å². The number of hydrogen-bond donors (Lipinski definition) is 2. The lowest BCUT2D eigenvalue weighted by Crippen LogP contribution is -2.55. The van der Waals surface area contributed by atoms with Crippen molar-refractivity contribution in [1.82, 2.24) is 20.5 Å². The lowest BCUT2D eigenvalue weighted by atomic mass is 9.87. The molecule has 2 saturated heterocycles. The maximum absolute atomic E-state index is 12.8. The number of aromatic nitrogens is 1. The van der Waals surface area contributed by atoms with Gasteiger partial charge in [0.25, 0.3) is 11.8 Å². The Morgan fingerprint density at radius 2 is 2.00 bits per heavy atom. The summed E-state index contributed by atoms with van der Waals surface area (Å²) in [7, 11) is 0. The minimum absolute atomic E-state index is 0.159. The lowest BCUT2D eigenvalue weighted by molar-refractivity contribution is -0.125. The molecular weight excluding hydrogens is 279 g/mol. The SMILES string of the molecule is O=C1NC(=O)C2(CCN(C(=O)c3ccc(F)cn3)CC2)N1. The fourth-order valence-electron chi connectivity index (χ4n) is 2.64. The summed E-state index contributed by atoms with van der Waals surface area (Å²) in [4.78, 5) is 40.5. The van der Waals surface area contributed by atoms with Crippen molar-refractivity contribution in [3.8, 4) is 0 Å². The van der Waals surface area contributed by atoms with Crippen molar-refractivity contribution in [2.24, 2.45) is 0 Å². The first-order chi connectivity index (χ1) is 10.00. The summed E-state index contributed by atoms with van der Waals surface area (Å²) in [5.74, 6) is -1.16. The van der Waals surface area contributed by atoms with Gasteiger partial charge in [0.1, 0.15) is 17.1 Å². The van der Waals surface area contributed by atoms with Gasteiger partial charge in [-0.25, -0.2) is 14.2 Å². The smallest absolute Gasteiger partial charge is 0.322 e. The molecule has 0 atom stereocenters. The Hall–Kier alpha value is -2.51. The van der Waals surface area contributed by atoms with Crippen LogP contribution in [0.1, 0.15) is 23.3 Å². The summed E-state index contributed by atoms with van der Waals surface area (Å²) in [5.41, 5.74) is -0.753. The molecule has 21 heavy (non-hydrogen) atoms. The van der Waals surface area contributed by atoms with Crippen molar-refractivity contribution in [2.75, 3.05) is 13.1 Å².